The van der Waals surface area contributed by atoms with E-state index in [2.05, 4.69) is 15.5 Å². The van der Waals surface area contributed by atoms with Gasteiger partial charge in [0.05, 0.1) is 17.7 Å². The molecule has 0 radical (unpaired) electrons. The molecule has 3 N–H and O–H groups in total. The summed E-state index contributed by atoms with van der Waals surface area (Å²) in [6.45, 7) is -0.0843. The SMILES string of the molecule is O=C(Nc1cccc(-c2ccn[nH]2)c1)C1(CO)CCC1. The fraction of sp³-hybridized carbons (Fsp3) is 0.333. The van der Waals surface area contributed by atoms with Crippen molar-refractivity contribution in [2.45, 2.75) is 19.3 Å². The molecule has 0 saturated heterocycles. The molecule has 1 heterocycles. The van der Waals surface area contributed by atoms with E-state index >= 15 is 0 Å². The molecule has 1 aliphatic rings. The minimum absolute atomic E-state index is 0.0843. The highest BCUT2D eigenvalue weighted by Crippen LogP contribution is 2.41. The van der Waals surface area contributed by atoms with E-state index in [0.717, 1.165) is 36.2 Å². The van der Waals surface area contributed by atoms with Gasteiger partial charge in [0.2, 0.25) is 5.91 Å². The van der Waals surface area contributed by atoms with Crippen LogP contribution >= 0.6 is 0 Å². The minimum atomic E-state index is -0.579. The summed E-state index contributed by atoms with van der Waals surface area (Å²) in [5.41, 5.74) is 2.03. The number of carbonyl (C=O) groups is 1. The number of aromatic amines is 1. The maximum atomic E-state index is 12.3. The Morgan fingerprint density at radius 1 is 1.40 bits per heavy atom. The predicted octanol–water partition coefficient (Wildman–Crippen LogP) is 2.18. The van der Waals surface area contributed by atoms with Gasteiger partial charge in [-0.3, -0.25) is 9.89 Å². The molecule has 1 amide bonds. The number of nitrogens with zero attached hydrogens (tertiary/aromatic N) is 1. The molecule has 1 aromatic carbocycles. The second-order valence-corrected chi connectivity index (χ2v) is 5.30. The number of aromatic nitrogens is 2. The van der Waals surface area contributed by atoms with Crippen molar-refractivity contribution in [3.8, 4) is 11.3 Å². The average Bonchev–Trinajstić information content (AvgIpc) is 2.92. The molecule has 0 unspecified atom stereocenters. The molecule has 1 fully saturated rings. The number of H-pyrrole nitrogens is 1. The number of benzene rings is 1. The first-order valence-corrected chi connectivity index (χ1v) is 6.76. The summed E-state index contributed by atoms with van der Waals surface area (Å²) < 4.78 is 0. The van der Waals surface area contributed by atoms with Gasteiger partial charge < -0.3 is 10.4 Å². The highest BCUT2D eigenvalue weighted by Gasteiger charge is 2.43. The van der Waals surface area contributed by atoms with Crippen LogP contribution in [0.15, 0.2) is 36.5 Å². The van der Waals surface area contributed by atoms with Gasteiger partial charge in [-0.15, -0.1) is 0 Å². The molecule has 3 rings (SSSR count). The van der Waals surface area contributed by atoms with E-state index < -0.39 is 5.41 Å². The molecule has 5 nitrogen and oxygen atoms in total. The van der Waals surface area contributed by atoms with Crippen LogP contribution in [0, 0.1) is 5.41 Å². The minimum Gasteiger partial charge on any atom is -0.395 e. The van der Waals surface area contributed by atoms with Crippen molar-refractivity contribution < 1.29 is 9.90 Å². The molecule has 0 atom stereocenters. The van der Waals surface area contributed by atoms with Gasteiger partial charge in [-0.2, -0.15) is 5.10 Å². The van der Waals surface area contributed by atoms with E-state index in [1.165, 1.54) is 0 Å². The third-order valence-corrected chi connectivity index (χ3v) is 4.03. The van der Waals surface area contributed by atoms with Gasteiger partial charge >= 0.3 is 0 Å². The molecule has 0 aliphatic heterocycles. The summed E-state index contributed by atoms with van der Waals surface area (Å²) >= 11 is 0. The Labute approximate surface area is 117 Å². The maximum absolute atomic E-state index is 12.3. The van der Waals surface area contributed by atoms with Crippen molar-refractivity contribution in [2.24, 2.45) is 5.41 Å². The number of amides is 1. The van der Waals surface area contributed by atoms with Crippen molar-refractivity contribution in [3.05, 3.63) is 36.5 Å². The number of nitrogens with one attached hydrogen (secondary N) is 2. The average molecular weight is 271 g/mol. The Kier molecular flexibility index (Phi) is 3.28. The van der Waals surface area contributed by atoms with Crippen molar-refractivity contribution in [2.75, 3.05) is 11.9 Å². The Bertz CT molecular complexity index is 598. The van der Waals surface area contributed by atoms with Crippen molar-refractivity contribution in [1.29, 1.82) is 0 Å². The topological polar surface area (TPSA) is 78.0 Å². The second kappa shape index (κ2) is 5.09. The molecule has 2 aromatic rings. The van der Waals surface area contributed by atoms with Gasteiger partial charge in [-0.05, 0) is 31.0 Å². The number of anilines is 1. The van der Waals surface area contributed by atoms with E-state index in [4.69, 9.17) is 0 Å². The van der Waals surface area contributed by atoms with Crippen LogP contribution in [-0.2, 0) is 4.79 Å². The highest BCUT2D eigenvalue weighted by atomic mass is 16.3. The molecule has 5 heteroatoms. The standard InChI is InChI=1S/C15H17N3O2/c19-10-15(6-2-7-15)14(20)17-12-4-1-3-11(9-12)13-5-8-16-18-13/h1,3-5,8-9,19H,2,6-7,10H2,(H,16,18)(H,17,20). The maximum Gasteiger partial charge on any atom is 0.232 e. The Morgan fingerprint density at radius 2 is 2.25 bits per heavy atom. The number of hydrogen-bond donors (Lipinski definition) is 3. The predicted molar refractivity (Wildman–Crippen MR) is 76.0 cm³/mol. The lowest BCUT2D eigenvalue weighted by molar-refractivity contribution is -0.133. The number of hydrogen-bond acceptors (Lipinski definition) is 3. The van der Waals surface area contributed by atoms with Crippen molar-refractivity contribution >= 4 is 11.6 Å². The monoisotopic (exact) mass is 271 g/mol. The van der Waals surface area contributed by atoms with Crippen LogP contribution in [0.1, 0.15) is 19.3 Å². The van der Waals surface area contributed by atoms with Crippen LogP contribution in [0.4, 0.5) is 5.69 Å². The molecule has 1 saturated carbocycles. The van der Waals surface area contributed by atoms with Gasteiger partial charge in [0.25, 0.3) is 0 Å². The molecule has 20 heavy (non-hydrogen) atoms. The lowest BCUT2D eigenvalue weighted by Gasteiger charge is -2.38. The second-order valence-electron chi connectivity index (χ2n) is 5.30. The number of carbonyl (C=O) groups excluding carboxylic acids is 1. The Morgan fingerprint density at radius 3 is 2.85 bits per heavy atom. The third kappa shape index (κ3) is 2.20. The van der Waals surface area contributed by atoms with Crippen LogP contribution < -0.4 is 5.32 Å². The zero-order valence-electron chi connectivity index (χ0n) is 11.1. The van der Waals surface area contributed by atoms with Crippen LogP contribution in [0.3, 0.4) is 0 Å². The summed E-state index contributed by atoms with van der Waals surface area (Å²) in [4.78, 5) is 12.3. The van der Waals surface area contributed by atoms with E-state index in [1.807, 2.05) is 30.3 Å². The first kappa shape index (κ1) is 12.9. The van der Waals surface area contributed by atoms with Gasteiger partial charge in [-0.1, -0.05) is 18.6 Å². The first-order chi connectivity index (χ1) is 9.73. The molecule has 0 spiro atoms. The summed E-state index contributed by atoms with van der Waals surface area (Å²) in [5.74, 6) is -0.0898. The molecule has 104 valence electrons. The molecule has 1 aromatic heterocycles. The lowest BCUT2D eigenvalue weighted by Crippen LogP contribution is -2.44. The first-order valence-electron chi connectivity index (χ1n) is 6.76. The van der Waals surface area contributed by atoms with Crippen LogP contribution in [0.2, 0.25) is 0 Å². The zero-order valence-corrected chi connectivity index (χ0v) is 11.1. The molecular weight excluding hydrogens is 254 g/mol. The zero-order chi connectivity index (χ0) is 14.0. The van der Waals surface area contributed by atoms with Gasteiger partial charge in [0.1, 0.15) is 0 Å². The number of rotatable bonds is 4. The molecule has 1 aliphatic carbocycles. The highest BCUT2D eigenvalue weighted by molar-refractivity contribution is 5.96. The van der Waals surface area contributed by atoms with Gasteiger partial charge in [-0.25, -0.2) is 0 Å². The smallest absolute Gasteiger partial charge is 0.232 e. The van der Waals surface area contributed by atoms with Crippen molar-refractivity contribution in [1.82, 2.24) is 10.2 Å². The number of aliphatic hydroxyl groups is 1. The van der Waals surface area contributed by atoms with E-state index in [-0.39, 0.29) is 12.5 Å². The van der Waals surface area contributed by atoms with Crippen LogP contribution in [-0.4, -0.2) is 27.8 Å². The number of aliphatic hydroxyl groups excluding tert-OH is 1. The normalized spacial score (nSPS) is 16.4. The summed E-state index contributed by atoms with van der Waals surface area (Å²) in [7, 11) is 0. The molecule has 0 bridgehead atoms. The van der Waals surface area contributed by atoms with Crippen LogP contribution in [0.25, 0.3) is 11.3 Å². The van der Waals surface area contributed by atoms with Crippen LogP contribution in [0.5, 0.6) is 0 Å². The molecular formula is C15H17N3O2. The van der Waals surface area contributed by atoms with Gasteiger partial charge in [0, 0.05) is 17.4 Å². The van der Waals surface area contributed by atoms with E-state index in [0.29, 0.717) is 0 Å². The fourth-order valence-electron chi connectivity index (χ4n) is 2.51. The lowest BCUT2D eigenvalue weighted by atomic mass is 9.68. The Balaban J connectivity index is 1.78. The summed E-state index contributed by atoms with van der Waals surface area (Å²) in [5, 5.41) is 19.1. The summed E-state index contributed by atoms with van der Waals surface area (Å²) in [6.07, 6.45) is 4.21. The summed E-state index contributed by atoms with van der Waals surface area (Å²) in [6, 6.07) is 9.46. The largest absolute Gasteiger partial charge is 0.395 e. The van der Waals surface area contributed by atoms with Gasteiger partial charge in [0.15, 0.2) is 0 Å². The Hall–Kier alpha value is -2.14. The quantitative estimate of drug-likeness (QED) is 0.797. The fourth-order valence-corrected chi connectivity index (χ4v) is 2.51. The van der Waals surface area contributed by atoms with E-state index in [9.17, 15) is 9.90 Å². The third-order valence-electron chi connectivity index (χ3n) is 4.03. The van der Waals surface area contributed by atoms with Crippen molar-refractivity contribution in [3.63, 3.8) is 0 Å². The van der Waals surface area contributed by atoms with E-state index in [1.54, 1.807) is 6.20 Å².